The van der Waals surface area contributed by atoms with Crippen LogP contribution in [0.1, 0.15) is 42.7 Å². The van der Waals surface area contributed by atoms with Crippen molar-refractivity contribution in [1.29, 1.82) is 0 Å². The van der Waals surface area contributed by atoms with E-state index in [0.29, 0.717) is 31.6 Å². The van der Waals surface area contributed by atoms with Crippen LogP contribution in [0, 0.1) is 0 Å². The summed E-state index contributed by atoms with van der Waals surface area (Å²) < 4.78 is 85.5. The summed E-state index contributed by atoms with van der Waals surface area (Å²) in [7, 11) is 0. The number of fused-ring (bicyclic) bond motifs is 1. The summed E-state index contributed by atoms with van der Waals surface area (Å²) >= 11 is 0. The minimum atomic E-state index is -4.97. The normalized spacial score (nSPS) is 18.6. The van der Waals surface area contributed by atoms with E-state index in [1.54, 1.807) is 0 Å². The molecule has 2 aromatic rings. The van der Waals surface area contributed by atoms with Crippen molar-refractivity contribution in [3.63, 3.8) is 0 Å². The first kappa shape index (κ1) is 26.1. The van der Waals surface area contributed by atoms with Gasteiger partial charge in [-0.1, -0.05) is 0 Å². The fraction of sp³-hybridized carbons (Fsp3) is 0.565. The van der Waals surface area contributed by atoms with Gasteiger partial charge in [-0.25, -0.2) is 4.79 Å². The molecule has 0 radical (unpaired) electrons. The molecule has 0 saturated carbocycles. The molecule has 13 heteroatoms. The molecule has 1 aromatic carbocycles. The molecule has 2 aliphatic heterocycles. The van der Waals surface area contributed by atoms with Gasteiger partial charge in [0.15, 0.2) is 5.82 Å². The molecule has 36 heavy (non-hydrogen) atoms. The summed E-state index contributed by atoms with van der Waals surface area (Å²) in [5.41, 5.74) is -2.61. The van der Waals surface area contributed by atoms with Gasteiger partial charge >= 0.3 is 18.4 Å². The average molecular weight is 519 g/mol. The van der Waals surface area contributed by atoms with Crippen LogP contribution in [0.3, 0.4) is 0 Å². The molecule has 7 nitrogen and oxygen atoms in total. The van der Waals surface area contributed by atoms with E-state index in [2.05, 4.69) is 29.2 Å². The summed E-state index contributed by atoms with van der Waals surface area (Å²) in [6.45, 7) is 6.86. The van der Waals surface area contributed by atoms with E-state index in [4.69, 9.17) is 4.74 Å². The molecule has 1 amide bonds. The van der Waals surface area contributed by atoms with Crippen molar-refractivity contribution in [3.05, 3.63) is 46.6 Å². The van der Waals surface area contributed by atoms with Crippen LogP contribution >= 0.6 is 0 Å². The van der Waals surface area contributed by atoms with Crippen LogP contribution in [0.2, 0.25) is 0 Å². The molecule has 0 spiro atoms. The molecule has 0 bridgehead atoms. The van der Waals surface area contributed by atoms with Gasteiger partial charge in [0, 0.05) is 44.3 Å². The number of hydrogen-bond acceptors (Lipinski definition) is 5. The van der Waals surface area contributed by atoms with Gasteiger partial charge in [0.05, 0.1) is 23.4 Å². The Morgan fingerprint density at radius 3 is 2.31 bits per heavy atom. The van der Waals surface area contributed by atoms with Crippen LogP contribution in [-0.4, -0.2) is 52.5 Å². The summed E-state index contributed by atoms with van der Waals surface area (Å²) in [4.78, 5) is 16.2. The third-order valence-electron chi connectivity index (χ3n) is 6.16. The second-order valence-corrected chi connectivity index (χ2v) is 9.69. The van der Waals surface area contributed by atoms with Gasteiger partial charge in [-0.2, -0.15) is 31.4 Å². The molecule has 3 heterocycles. The largest absolute Gasteiger partial charge is 0.445 e. The number of alkyl halides is 6. The van der Waals surface area contributed by atoms with Crippen LogP contribution in [0.15, 0.2) is 24.3 Å². The van der Waals surface area contributed by atoms with Crippen molar-refractivity contribution in [1.82, 2.24) is 20.0 Å². The number of anilines is 1. The van der Waals surface area contributed by atoms with Gasteiger partial charge in [0.1, 0.15) is 6.61 Å². The third-order valence-corrected chi connectivity index (χ3v) is 6.16. The highest BCUT2D eigenvalue weighted by molar-refractivity contribution is 5.67. The van der Waals surface area contributed by atoms with E-state index in [1.165, 1.54) is 4.90 Å². The fourth-order valence-electron chi connectivity index (χ4n) is 4.43. The van der Waals surface area contributed by atoms with E-state index in [0.717, 1.165) is 31.1 Å². The molecular formula is C23H27F6N5O2. The van der Waals surface area contributed by atoms with Crippen LogP contribution < -0.4 is 10.2 Å². The third kappa shape index (κ3) is 6.05. The number of halogens is 6. The predicted octanol–water partition coefficient (Wildman–Crippen LogP) is 4.65. The zero-order valence-electron chi connectivity index (χ0n) is 19.8. The first-order valence-corrected chi connectivity index (χ1v) is 11.5. The highest BCUT2D eigenvalue weighted by atomic mass is 19.4. The molecule has 4 rings (SSSR count). The van der Waals surface area contributed by atoms with E-state index in [9.17, 15) is 31.1 Å². The zero-order valence-corrected chi connectivity index (χ0v) is 19.8. The predicted molar refractivity (Wildman–Crippen MR) is 118 cm³/mol. The lowest BCUT2D eigenvalue weighted by molar-refractivity contribution is -0.143. The Morgan fingerprint density at radius 2 is 1.69 bits per heavy atom. The smallest absolute Gasteiger partial charge is 0.416 e. The second-order valence-electron chi connectivity index (χ2n) is 9.69. The maximum atomic E-state index is 13.1. The van der Waals surface area contributed by atoms with Gasteiger partial charge in [-0.05, 0) is 44.0 Å². The molecule has 1 aromatic heterocycles. The first-order valence-electron chi connectivity index (χ1n) is 11.5. The van der Waals surface area contributed by atoms with Crippen LogP contribution in [0.25, 0.3) is 0 Å². The van der Waals surface area contributed by atoms with E-state index in [1.807, 2.05) is 10.7 Å². The number of carbonyl (C=O) groups excluding carboxylic acids is 1. The number of ether oxygens (including phenoxy) is 1. The number of piperazine rings is 1. The monoisotopic (exact) mass is 519 g/mol. The minimum absolute atomic E-state index is 0.0401. The lowest BCUT2D eigenvalue weighted by atomic mass is 10.0. The average Bonchev–Trinajstić information content (AvgIpc) is 3.07. The van der Waals surface area contributed by atoms with Crippen molar-refractivity contribution in [2.24, 2.45) is 0 Å². The zero-order chi connectivity index (χ0) is 26.3. The number of nitrogens with one attached hydrogen (secondary N) is 1. The molecule has 1 fully saturated rings. The minimum Gasteiger partial charge on any atom is -0.445 e. The van der Waals surface area contributed by atoms with Crippen LogP contribution in [0.4, 0.5) is 37.0 Å². The SMILES string of the molecule is CC1(C)CN(c2cc3n(n2)CCCN(C(=O)OCc2cc(C(F)(F)F)cc(C(F)(F)F)c2)C3)CCN1. The highest BCUT2D eigenvalue weighted by Gasteiger charge is 2.37. The molecule has 0 aliphatic carbocycles. The molecule has 0 atom stereocenters. The van der Waals surface area contributed by atoms with Crippen molar-refractivity contribution in [3.8, 4) is 0 Å². The van der Waals surface area contributed by atoms with Crippen molar-refractivity contribution in [2.75, 3.05) is 31.1 Å². The Morgan fingerprint density at radius 1 is 1.03 bits per heavy atom. The Kier molecular flexibility index (Phi) is 6.88. The summed E-state index contributed by atoms with van der Waals surface area (Å²) in [5.74, 6) is 0.790. The molecule has 1 saturated heterocycles. The Bertz CT molecular complexity index is 1080. The molecular weight excluding hydrogens is 492 g/mol. The van der Waals surface area contributed by atoms with Gasteiger partial charge in [-0.3, -0.25) is 4.68 Å². The number of nitrogens with zero attached hydrogens (tertiary/aromatic N) is 4. The molecule has 0 unspecified atom stereocenters. The van der Waals surface area contributed by atoms with E-state index >= 15 is 0 Å². The number of benzene rings is 1. The Balaban J connectivity index is 1.45. The first-order chi connectivity index (χ1) is 16.7. The van der Waals surface area contributed by atoms with E-state index in [-0.39, 0.29) is 18.2 Å². The fourth-order valence-corrected chi connectivity index (χ4v) is 4.43. The number of aromatic nitrogens is 2. The molecule has 1 N–H and O–H groups in total. The number of hydrogen-bond donors (Lipinski definition) is 1. The molecule has 2 aliphatic rings. The van der Waals surface area contributed by atoms with Crippen LogP contribution in [-0.2, 0) is 36.8 Å². The van der Waals surface area contributed by atoms with Gasteiger partial charge in [-0.15, -0.1) is 0 Å². The highest BCUT2D eigenvalue weighted by Crippen LogP contribution is 2.36. The topological polar surface area (TPSA) is 62.6 Å². The van der Waals surface area contributed by atoms with Gasteiger partial charge in [0.25, 0.3) is 0 Å². The van der Waals surface area contributed by atoms with Gasteiger partial charge < -0.3 is 19.9 Å². The standard InChI is InChI=1S/C23H27F6N5O2/c1-21(2)14-33(7-4-30-21)19-11-18-12-32(5-3-6-34(18)31-19)20(35)36-13-15-8-16(22(24,25)26)10-17(9-15)23(27,28)29/h8-11,30H,3-7,12-14H2,1-2H3. The number of amides is 1. The number of aryl methyl sites for hydroxylation is 1. The number of rotatable bonds is 3. The van der Waals surface area contributed by atoms with Gasteiger partial charge in [0.2, 0.25) is 0 Å². The lowest BCUT2D eigenvalue weighted by Crippen LogP contribution is -2.57. The van der Waals surface area contributed by atoms with Crippen LogP contribution in [0.5, 0.6) is 0 Å². The quantitative estimate of drug-likeness (QED) is 0.599. The maximum absolute atomic E-state index is 13.1. The maximum Gasteiger partial charge on any atom is 0.416 e. The second kappa shape index (κ2) is 9.49. The Hall–Kier alpha value is -2.96. The number of carbonyl (C=O) groups is 1. The van der Waals surface area contributed by atoms with Crippen molar-refractivity contribution < 1.29 is 35.9 Å². The lowest BCUT2D eigenvalue weighted by Gasteiger charge is -2.39. The summed E-state index contributed by atoms with van der Waals surface area (Å²) in [6.07, 6.45) is -10.2. The van der Waals surface area contributed by atoms with Crippen molar-refractivity contribution >= 4 is 11.9 Å². The molecule has 198 valence electrons. The Labute approximate surface area is 204 Å². The summed E-state index contributed by atoms with van der Waals surface area (Å²) in [6, 6.07) is 3.05. The summed E-state index contributed by atoms with van der Waals surface area (Å²) in [5, 5.41) is 8.11. The van der Waals surface area contributed by atoms with E-state index < -0.39 is 41.7 Å². The van der Waals surface area contributed by atoms with Crippen molar-refractivity contribution in [2.45, 2.75) is 57.9 Å².